The van der Waals surface area contributed by atoms with E-state index in [-0.39, 0.29) is 12.0 Å². The van der Waals surface area contributed by atoms with Crippen LogP contribution in [-0.4, -0.2) is 62.7 Å². The number of hydrogen-bond donors (Lipinski definition) is 1. The van der Waals surface area contributed by atoms with Crippen LogP contribution in [0, 0.1) is 0 Å². The second-order valence-corrected chi connectivity index (χ2v) is 7.87. The predicted molar refractivity (Wildman–Crippen MR) is 105 cm³/mol. The van der Waals surface area contributed by atoms with E-state index in [1.807, 2.05) is 30.6 Å². The summed E-state index contributed by atoms with van der Waals surface area (Å²) in [6.45, 7) is 3.00. The molecule has 4 rings (SSSR count). The van der Waals surface area contributed by atoms with Gasteiger partial charge >= 0.3 is 0 Å². The molecule has 1 aliphatic heterocycles. The summed E-state index contributed by atoms with van der Waals surface area (Å²) in [4.78, 5) is 21.7. The van der Waals surface area contributed by atoms with Gasteiger partial charge in [-0.1, -0.05) is 25.3 Å². The van der Waals surface area contributed by atoms with Gasteiger partial charge in [-0.15, -0.1) is 0 Å². The van der Waals surface area contributed by atoms with E-state index in [1.54, 1.807) is 6.20 Å². The number of nitrogens with one attached hydrogen (secondary N) is 1. The highest BCUT2D eigenvalue weighted by atomic mass is 16.5. The first kappa shape index (κ1) is 19.1. The summed E-state index contributed by atoms with van der Waals surface area (Å²) in [6, 6.07) is 6.22. The minimum Gasteiger partial charge on any atom is -0.369 e. The Labute approximate surface area is 166 Å². The predicted octanol–water partition coefficient (Wildman–Crippen LogP) is 2.37. The first-order chi connectivity index (χ1) is 13.8. The van der Waals surface area contributed by atoms with Gasteiger partial charge < -0.3 is 9.64 Å². The monoisotopic (exact) mass is 383 g/mol. The van der Waals surface area contributed by atoms with Crippen molar-refractivity contribution in [2.45, 2.75) is 57.4 Å². The summed E-state index contributed by atoms with van der Waals surface area (Å²) in [5.74, 6) is 0.222. The SMILES string of the molecule is O=C1CN(Cc2cn[nH]c2)CC(OCc2ccccn2)CN1C1CCCCC1. The quantitative estimate of drug-likeness (QED) is 0.829. The van der Waals surface area contributed by atoms with Crippen molar-refractivity contribution in [2.24, 2.45) is 0 Å². The van der Waals surface area contributed by atoms with E-state index in [0.717, 1.165) is 30.6 Å². The number of hydrogen-bond acceptors (Lipinski definition) is 5. The molecule has 7 heteroatoms. The molecule has 1 aliphatic carbocycles. The topological polar surface area (TPSA) is 74.3 Å². The number of nitrogens with zero attached hydrogens (tertiary/aromatic N) is 4. The van der Waals surface area contributed by atoms with Crippen molar-refractivity contribution >= 4 is 5.91 Å². The molecule has 1 unspecified atom stereocenters. The van der Waals surface area contributed by atoms with Crippen molar-refractivity contribution in [3.63, 3.8) is 0 Å². The second kappa shape index (κ2) is 9.30. The van der Waals surface area contributed by atoms with Crippen LogP contribution in [0.15, 0.2) is 36.8 Å². The molecule has 3 heterocycles. The number of H-pyrrole nitrogens is 1. The van der Waals surface area contributed by atoms with Crippen LogP contribution in [0.1, 0.15) is 43.4 Å². The van der Waals surface area contributed by atoms with E-state index in [0.29, 0.717) is 32.3 Å². The number of aromatic amines is 1. The van der Waals surface area contributed by atoms with E-state index in [1.165, 1.54) is 19.3 Å². The zero-order valence-electron chi connectivity index (χ0n) is 16.3. The number of ether oxygens (including phenoxy) is 1. The second-order valence-electron chi connectivity index (χ2n) is 7.87. The Morgan fingerprint density at radius 3 is 2.82 bits per heavy atom. The third-order valence-electron chi connectivity index (χ3n) is 5.71. The van der Waals surface area contributed by atoms with Crippen molar-refractivity contribution in [2.75, 3.05) is 19.6 Å². The molecule has 2 aromatic rings. The van der Waals surface area contributed by atoms with E-state index in [9.17, 15) is 4.79 Å². The highest BCUT2D eigenvalue weighted by molar-refractivity contribution is 5.79. The Kier molecular flexibility index (Phi) is 6.34. The largest absolute Gasteiger partial charge is 0.369 e. The molecule has 1 amide bonds. The Morgan fingerprint density at radius 1 is 1.18 bits per heavy atom. The third kappa shape index (κ3) is 4.97. The van der Waals surface area contributed by atoms with Gasteiger partial charge in [0.15, 0.2) is 0 Å². The van der Waals surface area contributed by atoms with Gasteiger partial charge in [-0.2, -0.15) is 5.10 Å². The van der Waals surface area contributed by atoms with Crippen LogP contribution < -0.4 is 0 Å². The number of aromatic nitrogens is 3. The average molecular weight is 383 g/mol. The van der Waals surface area contributed by atoms with Crippen LogP contribution >= 0.6 is 0 Å². The summed E-state index contributed by atoms with van der Waals surface area (Å²) >= 11 is 0. The first-order valence-electron chi connectivity index (χ1n) is 10.3. The fourth-order valence-electron chi connectivity index (χ4n) is 4.29. The van der Waals surface area contributed by atoms with Gasteiger partial charge in [0.05, 0.1) is 31.1 Å². The van der Waals surface area contributed by atoms with E-state index < -0.39 is 0 Å². The normalized spacial score (nSPS) is 22.4. The summed E-state index contributed by atoms with van der Waals surface area (Å²) < 4.78 is 6.25. The minimum atomic E-state index is -0.0257. The molecule has 1 saturated carbocycles. The Morgan fingerprint density at radius 2 is 2.07 bits per heavy atom. The zero-order valence-corrected chi connectivity index (χ0v) is 16.3. The molecule has 0 aromatic carbocycles. The molecule has 1 atom stereocenters. The van der Waals surface area contributed by atoms with Crippen LogP contribution in [-0.2, 0) is 22.7 Å². The highest BCUT2D eigenvalue weighted by Gasteiger charge is 2.33. The van der Waals surface area contributed by atoms with Gasteiger partial charge in [-0.25, -0.2) is 0 Å². The third-order valence-corrected chi connectivity index (χ3v) is 5.71. The van der Waals surface area contributed by atoms with Crippen molar-refractivity contribution in [1.29, 1.82) is 0 Å². The highest BCUT2D eigenvalue weighted by Crippen LogP contribution is 2.25. The standard InChI is InChI=1S/C21H29N5O2/c27-21-15-25(12-17-10-23-24-11-17)13-20(28-16-18-6-4-5-9-22-18)14-26(21)19-7-2-1-3-8-19/h4-6,9-11,19-20H,1-3,7-8,12-16H2,(H,23,24). The number of amides is 1. The fourth-order valence-corrected chi connectivity index (χ4v) is 4.29. The average Bonchev–Trinajstić information content (AvgIpc) is 3.18. The number of rotatable bonds is 6. The molecular formula is C21H29N5O2. The molecule has 2 fully saturated rings. The Hall–Kier alpha value is -2.25. The molecule has 0 radical (unpaired) electrons. The lowest BCUT2D eigenvalue weighted by Gasteiger charge is -2.35. The molecule has 1 saturated heterocycles. The molecule has 2 aromatic heterocycles. The van der Waals surface area contributed by atoms with Gasteiger partial charge in [0.1, 0.15) is 0 Å². The summed E-state index contributed by atoms with van der Waals surface area (Å²) in [5, 5.41) is 6.88. The minimum absolute atomic E-state index is 0.0257. The smallest absolute Gasteiger partial charge is 0.237 e. The summed E-state index contributed by atoms with van der Waals surface area (Å²) in [5.41, 5.74) is 2.01. The van der Waals surface area contributed by atoms with Crippen molar-refractivity contribution in [3.8, 4) is 0 Å². The van der Waals surface area contributed by atoms with E-state index in [2.05, 4.69) is 25.0 Å². The number of carbonyl (C=O) groups excluding carboxylic acids is 1. The van der Waals surface area contributed by atoms with Crippen LogP contribution in [0.5, 0.6) is 0 Å². The van der Waals surface area contributed by atoms with Crippen molar-refractivity contribution in [3.05, 3.63) is 48.0 Å². The van der Waals surface area contributed by atoms with Gasteiger partial charge in [0, 0.05) is 43.6 Å². The molecule has 28 heavy (non-hydrogen) atoms. The Balaban J connectivity index is 1.46. The van der Waals surface area contributed by atoms with Crippen LogP contribution in [0.3, 0.4) is 0 Å². The van der Waals surface area contributed by atoms with Crippen LogP contribution in [0.25, 0.3) is 0 Å². The van der Waals surface area contributed by atoms with Crippen molar-refractivity contribution < 1.29 is 9.53 Å². The first-order valence-corrected chi connectivity index (χ1v) is 10.3. The lowest BCUT2D eigenvalue weighted by Crippen LogP contribution is -2.45. The fraction of sp³-hybridized carbons (Fsp3) is 0.571. The van der Waals surface area contributed by atoms with Gasteiger partial charge in [-0.05, 0) is 25.0 Å². The summed E-state index contributed by atoms with van der Waals surface area (Å²) in [6.07, 6.45) is 11.4. The van der Waals surface area contributed by atoms with Gasteiger partial charge in [-0.3, -0.25) is 19.8 Å². The maximum absolute atomic E-state index is 13.1. The molecule has 2 aliphatic rings. The number of carbonyl (C=O) groups is 1. The lowest BCUT2D eigenvalue weighted by molar-refractivity contribution is -0.135. The van der Waals surface area contributed by atoms with Crippen molar-refractivity contribution in [1.82, 2.24) is 25.0 Å². The van der Waals surface area contributed by atoms with E-state index >= 15 is 0 Å². The zero-order chi connectivity index (χ0) is 19.2. The molecule has 0 bridgehead atoms. The Bertz CT molecular complexity index is 731. The molecule has 0 spiro atoms. The van der Waals surface area contributed by atoms with Gasteiger partial charge in [0.2, 0.25) is 5.91 Å². The maximum Gasteiger partial charge on any atom is 0.237 e. The molecular weight excluding hydrogens is 354 g/mol. The maximum atomic E-state index is 13.1. The molecule has 7 nitrogen and oxygen atoms in total. The summed E-state index contributed by atoms with van der Waals surface area (Å²) in [7, 11) is 0. The van der Waals surface area contributed by atoms with Crippen LogP contribution in [0.4, 0.5) is 0 Å². The molecule has 150 valence electrons. The lowest BCUT2D eigenvalue weighted by atomic mass is 9.94. The number of pyridine rings is 1. The van der Waals surface area contributed by atoms with Gasteiger partial charge in [0.25, 0.3) is 0 Å². The van der Waals surface area contributed by atoms with E-state index in [4.69, 9.17) is 4.74 Å². The van der Waals surface area contributed by atoms with Crippen LogP contribution in [0.2, 0.25) is 0 Å². The molecule has 1 N–H and O–H groups in total.